The number of anilines is 1. The van der Waals surface area contributed by atoms with Gasteiger partial charge in [0.25, 0.3) is 0 Å². The van der Waals surface area contributed by atoms with E-state index < -0.39 is 15.8 Å². The SMILES string of the molecule is CN(C)C1(CNS(=O)(=O)c2cc(N)c(F)cc2Cl)CCC1. The van der Waals surface area contributed by atoms with Crippen LogP contribution in [0.3, 0.4) is 0 Å². The van der Waals surface area contributed by atoms with Crippen molar-refractivity contribution < 1.29 is 12.8 Å². The summed E-state index contributed by atoms with van der Waals surface area (Å²) in [6.07, 6.45) is 2.94. The van der Waals surface area contributed by atoms with Gasteiger partial charge in [-0.15, -0.1) is 0 Å². The molecule has 0 amide bonds. The van der Waals surface area contributed by atoms with Crippen LogP contribution in [0.4, 0.5) is 10.1 Å². The molecule has 1 aromatic carbocycles. The van der Waals surface area contributed by atoms with Crippen LogP contribution in [-0.4, -0.2) is 39.5 Å². The predicted octanol–water partition coefficient (Wildman–Crippen LogP) is 1.82. The molecule has 1 saturated carbocycles. The van der Waals surface area contributed by atoms with Gasteiger partial charge in [0.05, 0.1) is 10.7 Å². The summed E-state index contributed by atoms with van der Waals surface area (Å²) in [7, 11) is 0.0254. The number of likely N-dealkylation sites (N-methyl/N-ethyl adjacent to an activating group) is 1. The van der Waals surface area contributed by atoms with Crippen molar-refractivity contribution in [2.75, 3.05) is 26.4 Å². The maximum Gasteiger partial charge on any atom is 0.242 e. The number of hydrogen-bond acceptors (Lipinski definition) is 4. The standard InChI is InChI=1S/C13H19ClFN3O2S/c1-18(2)13(4-3-5-13)8-17-21(19,20)12-7-11(16)10(15)6-9(12)14/h6-7,17H,3-5,8,16H2,1-2H3. The Labute approximate surface area is 129 Å². The zero-order valence-corrected chi connectivity index (χ0v) is 13.6. The van der Waals surface area contributed by atoms with Crippen LogP contribution in [-0.2, 0) is 10.0 Å². The molecule has 1 fully saturated rings. The highest BCUT2D eigenvalue weighted by Crippen LogP contribution is 2.36. The molecule has 2 rings (SSSR count). The predicted molar refractivity (Wildman–Crippen MR) is 81.3 cm³/mol. The Morgan fingerprint density at radius 1 is 1.43 bits per heavy atom. The quantitative estimate of drug-likeness (QED) is 0.805. The number of nitrogens with two attached hydrogens (primary N) is 1. The zero-order valence-electron chi connectivity index (χ0n) is 12.0. The molecule has 0 aromatic heterocycles. The van der Waals surface area contributed by atoms with Gasteiger partial charge < -0.3 is 10.6 Å². The Kier molecular flexibility index (Phi) is 4.49. The number of rotatable bonds is 5. The van der Waals surface area contributed by atoms with E-state index >= 15 is 0 Å². The third-order valence-corrected chi connectivity index (χ3v) is 6.03. The summed E-state index contributed by atoms with van der Waals surface area (Å²) in [4.78, 5) is 1.83. The smallest absolute Gasteiger partial charge is 0.242 e. The van der Waals surface area contributed by atoms with E-state index in [1.54, 1.807) is 0 Å². The normalized spacial score (nSPS) is 17.8. The highest BCUT2D eigenvalue weighted by Gasteiger charge is 2.40. The van der Waals surface area contributed by atoms with Crippen molar-refractivity contribution >= 4 is 27.3 Å². The molecule has 0 bridgehead atoms. The molecule has 118 valence electrons. The van der Waals surface area contributed by atoms with Crippen LogP contribution in [0.5, 0.6) is 0 Å². The van der Waals surface area contributed by atoms with Gasteiger partial charge in [0.15, 0.2) is 0 Å². The number of nitrogen functional groups attached to an aromatic ring is 1. The summed E-state index contributed by atoms with van der Waals surface area (Å²) < 4.78 is 40.5. The van der Waals surface area contributed by atoms with Gasteiger partial charge in [-0.1, -0.05) is 11.6 Å². The fourth-order valence-corrected chi connectivity index (χ4v) is 4.09. The van der Waals surface area contributed by atoms with Crippen molar-refractivity contribution in [2.24, 2.45) is 0 Å². The largest absolute Gasteiger partial charge is 0.396 e. The van der Waals surface area contributed by atoms with E-state index in [1.165, 1.54) is 0 Å². The molecule has 0 spiro atoms. The van der Waals surface area contributed by atoms with Gasteiger partial charge in [-0.2, -0.15) is 0 Å². The molecule has 0 aliphatic heterocycles. The molecule has 0 saturated heterocycles. The summed E-state index contributed by atoms with van der Waals surface area (Å²) in [6.45, 7) is 0.288. The Morgan fingerprint density at radius 2 is 2.05 bits per heavy atom. The molecule has 0 radical (unpaired) electrons. The summed E-state index contributed by atoms with van der Waals surface area (Å²) in [5.41, 5.74) is 5.01. The van der Waals surface area contributed by atoms with Crippen LogP contribution in [0.2, 0.25) is 5.02 Å². The van der Waals surface area contributed by atoms with Crippen molar-refractivity contribution in [3.63, 3.8) is 0 Å². The Bertz CT molecular complexity index is 645. The van der Waals surface area contributed by atoms with Gasteiger partial charge in [0, 0.05) is 12.1 Å². The molecular formula is C13H19ClFN3O2S. The van der Waals surface area contributed by atoms with Crippen LogP contribution in [0, 0.1) is 5.82 Å². The highest BCUT2D eigenvalue weighted by atomic mass is 35.5. The first-order valence-electron chi connectivity index (χ1n) is 6.60. The molecule has 0 heterocycles. The number of halogens is 2. The minimum Gasteiger partial charge on any atom is -0.396 e. The zero-order chi connectivity index (χ0) is 15.8. The molecule has 1 aromatic rings. The van der Waals surface area contributed by atoms with Crippen LogP contribution < -0.4 is 10.5 Å². The molecule has 1 aliphatic carbocycles. The van der Waals surface area contributed by atoms with E-state index in [-0.39, 0.29) is 27.7 Å². The maximum absolute atomic E-state index is 13.3. The van der Waals surface area contributed by atoms with E-state index in [0.717, 1.165) is 31.4 Å². The second kappa shape index (κ2) is 5.72. The highest BCUT2D eigenvalue weighted by molar-refractivity contribution is 7.89. The van der Waals surface area contributed by atoms with Gasteiger partial charge in [-0.25, -0.2) is 17.5 Å². The van der Waals surface area contributed by atoms with E-state index in [4.69, 9.17) is 17.3 Å². The lowest BCUT2D eigenvalue weighted by Gasteiger charge is -2.47. The molecule has 1 aliphatic rings. The fraction of sp³-hybridized carbons (Fsp3) is 0.538. The number of hydrogen-bond donors (Lipinski definition) is 2. The van der Waals surface area contributed by atoms with E-state index in [2.05, 4.69) is 4.72 Å². The Hall–Kier alpha value is -0.890. The first-order chi connectivity index (χ1) is 9.68. The number of nitrogens with zero attached hydrogens (tertiary/aromatic N) is 1. The summed E-state index contributed by atoms with van der Waals surface area (Å²) in [5, 5.41) is -0.179. The maximum atomic E-state index is 13.3. The van der Waals surface area contributed by atoms with Crippen molar-refractivity contribution in [3.8, 4) is 0 Å². The van der Waals surface area contributed by atoms with Crippen LogP contribution in [0.1, 0.15) is 19.3 Å². The van der Waals surface area contributed by atoms with Crippen LogP contribution in [0.15, 0.2) is 17.0 Å². The molecular weight excluding hydrogens is 317 g/mol. The third kappa shape index (κ3) is 3.15. The van der Waals surface area contributed by atoms with E-state index in [9.17, 15) is 12.8 Å². The van der Waals surface area contributed by atoms with E-state index in [1.807, 2.05) is 19.0 Å². The lowest BCUT2D eigenvalue weighted by atomic mass is 9.76. The number of benzene rings is 1. The van der Waals surface area contributed by atoms with Gasteiger partial charge in [0.2, 0.25) is 10.0 Å². The van der Waals surface area contributed by atoms with Gasteiger partial charge in [-0.05, 0) is 45.5 Å². The van der Waals surface area contributed by atoms with Crippen molar-refractivity contribution in [1.82, 2.24) is 9.62 Å². The second-order valence-electron chi connectivity index (χ2n) is 5.60. The summed E-state index contributed by atoms with van der Waals surface area (Å²) in [5.74, 6) is -0.734. The van der Waals surface area contributed by atoms with Gasteiger partial charge >= 0.3 is 0 Å². The van der Waals surface area contributed by atoms with Crippen LogP contribution >= 0.6 is 11.6 Å². The number of nitrogens with one attached hydrogen (secondary N) is 1. The van der Waals surface area contributed by atoms with Crippen molar-refractivity contribution in [1.29, 1.82) is 0 Å². The Morgan fingerprint density at radius 3 is 2.52 bits per heavy atom. The number of sulfonamides is 1. The second-order valence-corrected chi connectivity index (χ2v) is 7.74. The molecule has 3 N–H and O–H groups in total. The molecule has 0 atom stereocenters. The minimum atomic E-state index is -3.83. The third-order valence-electron chi connectivity index (χ3n) is 4.16. The topological polar surface area (TPSA) is 75.4 Å². The van der Waals surface area contributed by atoms with Crippen molar-refractivity contribution in [3.05, 3.63) is 23.0 Å². The first kappa shape index (κ1) is 16.5. The van der Waals surface area contributed by atoms with Gasteiger partial charge in [-0.3, -0.25) is 0 Å². The monoisotopic (exact) mass is 335 g/mol. The summed E-state index contributed by atoms with van der Waals surface area (Å²) in [6, 6.07) is 1.96. The molecule has 0 unspecified atom stereocenters. The van der Waals surface area contributed by atoms with E-state index in [0.29, 0.717) is 0 Å². The fourth-order valence-electron chi connectivity index (χ4n) is 2.42. The molecule has 21 heavy (non-hydrogen) atoms. The molecule has 5 nitrogen and oxygen atoms in total. The molecule has 8 heteroatoms. The Balaban J connectivity index is 2.21. The lowest BCUT2D eigenvalue weighted by molar-refractivity contribution is 0.0657. The first-order valence-corrected chi connectivity index (χ1v) is 8.46. The van der Waals surface area contributed by atoms with Crippen molar-refractivity contribution in [2.45, 2.75) is 29.7 Å². The van der Waals surface area contributed by atoms with Gasteiger partial charge in [0.1, 0.15) is 10.7 Å². The van der Waals surface area contributed by atoms with Crippen LogP contribution in [0.25, 0.3) is 0 Å². The average Bonchev–Trinajstić information content (AvgIpc) is 2.31. The average molecular weight is 336 g/mol. The lowest BCUT2D eigenvalue weighted by Crippen LogP contribution is -2.57. The summed E-state index contributed by atoms with van der Waals surface area (Å²) >= 11 is 5.82. The minimum absolute atomic E-state index is 0.162.